The summed E-state index contributed by atoms with van der Waals surface area (Å²) in [6.07, 6.45) is 7.57. The van der Waals surface area contributed by atoms with Gasteiger partial charge in [-0.3, -0.25) is 9.59 Å². The van der Waals surface area contributed by atoms with E-state index in [2.05, 4.69) is 62.0 Å². The Labute approximate surface area is 216 Å². The van der Waals surface area contributed by atoms with Gasteiger partial charge in [0, 0.05) is 19.1 Å². The molecule has 0 aromatic heterocycles. The maximum atomic E-state index is 12.5. The summed E-state index contributed by atoms with van der Waals surface area (Å²) in [5.74, 6) is -0.110. The number of benzene rings is 2. The number of esters is 1. The molecule has 0 saturated carbocycles. The minimum absolute atomic E-state index is 0.0518. The fourth-order valence-electron chi connectivity index (χ4n) is 3.92. The fraction of sp³-hybridized carbons (Fsp3) is 0.312. The van der Waals surface area contributed by atoms with E-state index < -0.39 is 0 Å². The number of aliphatic hydroxyl groups excluding tert-OH is 1. The van der Waals surface area contributed by atoms with E-state index in [1.54, 1.807) is 13.0 Å². The summed E-state index contributed by atoms with van der Waals surface area (Å²) in [4.78, 5) is 24.0. The van der Waals surface area contributed by atoms with Crippen molar-refractivity contribution in [2.45, 2.75) is 53.9 Å². The molecule has 0 amide bonds. The van der Waals surface area contributed by atoms with Crippen LogP contribution in [-0.4, -0.2) is 30.6 Å². The summed E-state index contributed by atoms with van der Waals surface area (Å²) in [5.41, 5.74) is 8.18. The fourth-order valence-corrected chi connectivity index (χ4v) is 3.92. The number of aliphatic hydroxyl groups is 1. The van der Waals surface area contributed by atoms with E-state index in [1.165, 1.54) is 0 Å². The van der Waals surface area contributed by atoms with Crippen LogP contribution in [0, 0.1) is 0 Å². The van der Waals surface area contributed by atoms with Gasteiger partial charge in [0.2, 0.25) is 0 Å². The first-order valence-electron chi connectivity index (χ1n) is 12.3. The Kier molecular flexibility index (Phi) is 13.8. The molecule has 0 heterocycles. The van der Waals surface area contributed by atoms with Gasteiger partial charge in [-0.25, -0.2) is 0 Å². The van der Waals surface area contributed by atoms with Crippen LogP contribution in [0.1, 0.15) is 58.6 Å². The summed E-state index contributed by atoms with van der Waals surface area (Å²) >= 11 is 0. The number of allylic oxidation sites excluding steroid dienone is 7. The highest BCUT2D eigenvalue weighted by atomic mass is 16.5. The van der Waals surface area contributed by atoms with Gasteiger partial charge in [0.15, 0.2) is 5.78 Å². The number of aryl methyl sites for hydroxylation is 1. The Balaban J connectivity index is 0.00000316. The Hall–Kier alpha value is -3.50. The van der Waals surface area contributed by atoms with Gasteiger partial charge in [-0.05, 0) is 86.4 Å². The smallest absolute Gasteiger partial charge is 0.306 e. The van der Waals surface area contributed by atoms with E-state index in [0.717, 1.165) is 51.7 Å². The minimum Gasteiger partial charge on any atom is -0.466 e. The van der Waals surface area contributed by atoms with Gasteiger partial charge in [0.05, 0.1) is 6.61 Å². The van der Waals surface area contributed by atoms with Crippen LogP contribution in [0.15, 0.2) is 90.1 Å². The van der Waals surface area contributed by atoms with Crippen molar-refractivity contribution in [1.29, 1.82) is 0 Å². The van der Waals surface area contributed by atoms with Gasteiger partial charge in [-0.2, -0.15) is 0 Å². The van der Waals surface area contributed by atoms with Gasteiger partial charge in [0.25, 0.3) is 0 Å². The lowest BCUT2D eigenvalue weighted by Gasteiger charge is -2.14. The molecule has 0 unspecified atom stereocenters. The van der Waals surface area contributed by atoms with Crippen LogP contribution in [0.3, 0.4) is 0 Å². The Morgan fingerprint density at radius 3 is 1.97 bits per heavy atom. The van der Waals surface area contributed by atoms with Crippen molar-refractivity contribution < 1.29 is 19.4 Å². The molecule has 0 radical (unpaired) electrons. The lowest BCUT2D eigenvalue weighted by atomic mass is 9.89. The quantitative estimate of drug-likeness (QED) is 0.156. The van der Waals surface area contributed by atoms with Crippen molar-refractivity contribution in [2.75, 3.05) is 13.7 Å². The van der Waals surface area contributed by atoms with Gasteiger partial charge < -0.3 is 9.84 Å². The van der Waals surface area contributed by atoms with Gasteiger partial charge >= 0.3 is 5.97 Å². The lowest BCUT2D eigenvalue weighted by Crippen LogP contribution is -2.05. The van der Waals surface area contributed by atoms with Crippen molar-refractivity contribution >= 4 is 17.3 Å². The highest BCUT2D eigenvalue weighted by molar-refractivity contribution is 6.01. The molecule has 4 heteroatoms. The summed E-state index contributed by atoms with van der Waals surface area (Å²) in [6.45, 7) is 13.8. The molecule has 2 aromatic carbocycles. The minimum atomic E-state index is -0.161. The van der Waals surface area contributed by atoms with Gasteiger partial charge in [-0.15, -0.1) is 0 Å². The Morgan fingerprint density at radius 2 is 1.50 bits per heavy atom. The highest BCUT2D eigenvalue weighted by Crippen LogP contribution is 2.29. The van der Waals surface area contributed by atoms with E-state index in [4.69, 9.17) is 9.84 Å². The molecule has 0 spiro atoms. The van der Waals surface area contributed by atoms with Crippen LogP contribution >= 0.6 is 0 Å². The largest absolute Gasteiger partial charge is 0.466 e. The lowest BCUT2D eigenvalue weighted by molar-refractivity contribution is -0.143. The second kappa shape index (κ2) is 16.2. The topological polar surface area (TPSA) is 63.6 Å². The summed E-state index contributed by atoms with van der Waals surface area (Å²) in [7, 11) is 1.00. The molecular weight excluding hydrogens is 448 g/mol. The molecule has 4 nitrogen and oxygen atoms in total. The van der Waals surface area contributed by atoms with Gasteiger partial charge in [0.1, 0.15) is 0 Å². The van der Waals surface area contributed by atoms with Crippen molar-refractivity contribution in [3.05, 3.63) is 101 Å². The Bertz CT molecular complexity index is 1100. The first kappa shape index (κ1) is 30.5. The monoisotopic (exact) mass is 488 g/mol. The second-order valence-corrected chi connectivity index (χ2v) is 8.26. The third-order valence-electron chi connectivity index (χ3n) is 5.96. The summed E-state index contributed by atoms with van der Waals surface area (Å²) in [6, 6.07) is 16.7. The van der Waals surface area contributed by atoms with E-state index in [-0.39, 0.29) is 11.8 Å². The van der Waals surface area contributed by atoms with Crippen molar-refractivity contribution in [3.8, 4) is 11.1 Å². The zero-order valence-electron chi connectivity index (χ0n) is 22.6. The first-order chi connectivity index (χ1) is 17.3. The molecule has 2 rings (SSSR count). The molecule has 0 bridgehead atoms. The zero-order chi connectivity index (χ0) is 27.1. The number of carbonyl (C=O) groups excluding carboxylic acids is 2. The van der Waals surface area contributed by atoms with Crippen molar-refractivity contribution in [3.63, 3.8) is 0 Å². The number of hydrogen-bond acceptors (Lipinski definition) is 4. The SMILES string of the molecule is C=C/C(C/C=C\C)=C(C(C)=O)/C(C)=C(\C)c1ccc(-c2ccc(CCC(=O)OCC)cc2)cc1.CO. The number of ether oxygens (including phenoxy) is 1. The van der Waals surface area contributed by atoms with Gasteiger partial charge in [-0.1, -0.05) is 73.3 Å². The van der Waals surface area contributed by atoms with Crippen LogP contribution in [0.25, 0.3) is 16.7 Å². The van der Waals surface area contributed by atoms with Crippen LogP contribution in [0.5, 0.6) is 0 Å². The average molecular weight is 489 g/mol. The maximum Gasteiger partial charge on any atom is 0.306 e. The maximum absolute atomic E-state index is 12.5. The second-order valence-electron chi connectivity index (χ2n) is 8.26. The third kappa shape index (κ3) is 8.94. The highest BCUT2D eigenvalue weighted by Gasteiger charge is 2.14. The molecule has 192 valence electrons. The van der Waals surface area contributed by atoms with E-state index >= 15 is 0 Å². The molecule has 1 N–H and O–H groups in total. The van der Waals surface area contributed by atoms with E-state index in [0.29, 0.717) is 25.9 Å². The number of rotatable bonds is 11. The summed E-state index contributed by atoms with van der Waals surface area (Å²) in [5, 5.41) is 7.00. The van der Waals surface area contributed by atoms with E-state index in [9.17, 15) is 9.59 Å². The normalized spacial score (nSPS) is 12.2. The molecular formula is C32H40O4. The van der Waals surface area contributed by atoms with Crippen molar-refractivity contribution in [1.82, 2.24) is 0 Å². The van der Waals surface area contributed by atoms with Crippen LogP contribution < -0.4 is 0 Å². The Morgan fingerprint density at radius 1 is 0.944 bits per heavy atom. The summed E-state index contributed by atoms with van der Waals surface area (Å²) < 4.78 is 5.00. The molecule has 0 aliphatic heterocycles. The molecule has 36 heavy (non-hydrogen) atoms. The number of hydrogen-bond donors (Lipinski definition) is 1. The van der Waals surface area contributed by atoms with Crippen LogP contribution in [-0.2, 0) is 20.7 Å². The average Bonchev–Trinajstić information content (AvgIpc) is 2.90. The number of Topliss-reactive ketones (excluding diaryl/α,β-unsaturated/α-hetero) is 1. The third-order valence-corrected chi connectivity index (χ3v) is 5.96. The molecule has 0 atom stereocenters. The first-order valence-corrected chi connectivity index (χ1v) is 12.3. The molecule has 0 fully saturated rings. The molecule has 0 aliphatic rings. The number of carbonyl (C=O) groups is 2. The van der Waals surface area contributed by atoms with Crippen molar-refractivity contribution in [2.24, 2.45) is 0 Å². The van der Waals surface area contributed by atoms with Crippen LogP contribution in [0.4, 0.5) is 0 Å². The zero-order valence-corrected chi connectivity index (χ0v) is 22.6. The molecule has 2 aromatic rings. The standard InChI is InChI=1S/C31H36O3.CH4O/c1-7-10-11-26(8-2)31(24(6)32)23(5)22(4)27-17-19-29(20-18-27)28-15-12-25(13-16-28)14-21-30(33)34-9-3;1-2/h7-8,10,12-13,15-20H,2,9,11,14,21H2,1,3-6H3;2H,1H3/b10-7-,23-22+,31-26+;. The van der Waals surface area contributed by atoms with E-state index in [1.807, 2.05) is 32.9 Å². The molecule has 0 aliphatic carbocycles. The predicted octanol–water partition coefficient (Wildman–Crippen LogP) is 7.29. The number of ketones is 1. The van der Waals surface area contributed by atoms with Crippen LogP contribution in [0.2, 0.25) is 0 Å². The predicted molar refractivity (Wildman–Crippen MR) is 151 cm³/mol. The molecule has 0 saturated heterocycles.